The highest BCUT2D eigenvalue weighted by Gasteiger charge is 2.32. The van der Waals surface area contributed by atoms with Crippen molar-refractivity contribution in [3.63, 3.8) is 0 Å². The molecule has 2 heterocycles. The van der Waals surface area contributed by atoms with E-state index in [0.29, 0.717) is 27.9 Å². The summed E-state index contributed by atoms with van der Waals surface area (Å²) in [4.78, 5) is 15.6. The zero-order valence-electron chi connectivity index (χ0n) is 17.5. The van der Waals surface area contributed by atoms with Crippen LogP contribution in [0.15, 0.2) is 83.3 Å². The summed E-state index contributed by atoms with van der Waals surface area (Å²) >= 11 is 7.44. The van der Waals surface area contributed by atoms with Gasteiger partial charge in [-0.2, -0.15) is 5.10 Å². The maximum Gasteiger partial charge on any atom is 0.270 e. The van der Waals surface area contributed by atoms with E-state index in [0.717, 1.165) is 16.8 Å². The molecule has 0 bridgehead atoms. The summed E-state index contributed by atoms with van der Waals surface area (Å²) in [6.45, 7) is 0. The van der Waals surface area contributed by atoms with Crippen molar-refractivity contribution in [1.82, 2.24) is 4.98 Å². The van der Waals surface area contributed by atoms with Crippen LogP contribution in [0.4, 0.5) is 15.2 Å². The molecule has 1 unspecified atom stereocenters. The van der Waals surface area contributed by atoms with Gasteiger partial charge in [-0.25, -0.2) is 14.4 Å². The van der Waals surface area contributed by atoms with E-state index in [-0.39, 0.29) is 34.5 Å². The summed E-state index contributed by atoms with van der Waals surface area (Å²) in [5.74, 6) is -0.317. The Morgan fingerprint density at radius 3 is 2.50 bits per heavy atom. The van der Waals surface area contributed by atoms with Crippen molar-refractivity contribution < 1.29 is 9.31 Å². The van der Waals surface area contributed by atoms with E-state index in [1.807, 2.05) is 34.7 Å². The van der Waals surface area contributed by atoms with Gasteiger partial charge in [0.25, 0.3) is 5.69 Å². The number of hydrogen-bond acceptors (Lipinski definition) is 6. The van der Waals surface area contributed by atoms with Gasteiger partial charge >= 0.3 is 0 Å². The molecule has 4 aromatic rings. The van der Waals surface area contributed by atoms with E-state index in [1.54, 1.807) is 24.3 Å². The number of hydrogen-bond donors (Lipinski definition) is 0. The fraction of sp³-hybridized carbons (Fsp3) is 0.0833. The Hall–Kier alpha value is -3.14. The lowest BCUT2D eigenvalue weighted by Crippen LogP contribution is -2.18. The predicted molar refractivity (Wildman–Crippen MR) is 139 cm³/mol. The van der Waals surface area contributed by atoms with E-state index in [4.69, 9.17) is 21.7 Å². The minimum atomic E-state index is -0.423. The number of hydrazone groups is 1. The molecule has 3 aromatic carbocycles. The van der Waals surface area contributed by atoms with Crippen molar-refractivity contribution in [2.45, 2.75) is 12.5 Å². The minimum Gasteiger partial charge on any atom is -0.258 e. The van der Waals surface area contributed by atoms with Crippen molar-refractivity contribution in [1.29, 1.82) is 0 Å². The van der Waals surface area contributed by atoms with Gasteiger partial charge in [-0.3, -0.25) is 10.1 Å². The number of nitro benzene ring substituents is 1. The number of nitro groups is 1. The van der Waals surface area contributed by atoms with Crippen molar-refractivity contribution in [2.24, 2.45) is 5.10 Å². The molecule has 0 fully saturated rings. The van der Waals surface area contributed by atoms with Crippen LogP contribution in [0.1, 0.15) is 23.6 Å². The number of nitrogens with zero attached hydrogens (tertiary/aromatic N) is 4. The molecule has 0 N–H and O–H groups in total. The molecule has 0 saturated heterocycles. The van der Waals surface area contributed by atoms with Crippen LogP contribution in [0.2, 0.25) is 5.02 Å². The van der Waals surface area contributed by atoms with E-state index in [2.05, 4.69) is 0 Å². The average Bonchev–Trinajstić information content (AvgIpc) is 3.48. The summed E-state index contributed by atoms with van der Waals surface area (Å²) < 4.78 is 13.5. The molecule has 0 spiro atoms. The zero-order chi connectivity index (χ0) is 22.9. The highest BCUT2D eigenvalue weighted by Crippen LogP contribution is 2.39. The molecule has 0 amide bonds. The van der Waals surface area contributed by atoms with E-state index >= 15 is 0 Å². The van der Waals surface area contributed by atoms with Gasteiger partial charge in [0.2, 0.25) is 5.13 Å². The molecule has 5 rings (SSSR count). The molecular weight excluding hydrogens is 543 g/mol. The van der Waals surface area contributed by atoms with E-state index in [9.17, 15) is 14.5 Å². The molecule has 1 aliphatic rings. The normalized spacial score (nSPS) is 15.1. The monoisotopic (exact) mass is 558 g/mol. The Balaban J connectivity index is 0.00000274. The largest absolute Gasteiger partial charge is 0.270 e. The van der Waals surface area contributed by atoms with Gasteiger partial charge in [-0.1, -0.05) is 48.0 Å². The summed E-state index contributed by atoms with van der Waals surface area (Å²) in [6, 6.07) is 19.9. The Morgan fingerprint density at radius 1 is 1.06 bits per heavy atom. The van der Waals surface area contributed by atoms with Crippen LogP contribution in [0.25, 0.3) is 11.3 Å². The zero-order valence-corrected chi connectivity index (χ0v) is 20.8. The first-order valence-corrected chi connectivity index (χ1v) is 11.3. The molecule has 1 aromatic heterocycles. The summed E-state index contributed by atoms with van der Waals surface area (Å²) in [5.41, 5.74) is 3.99. The molecule has 0 saturated carbocycles. The standard InChI is InChI=1S/C24H16ClFN4O2S.BrH/c25-18-8-4-15(5-9-18)22-14-33-24(27-22)29-23(16-6-10-19(26)11-7-16)13-21(28-29)17-2-1-3-20(12-17)30(31)32;/h1-12,14,23H,13H2;1H. The van der Waals surface area contributed by atoms with E-state index < -0.39 is 4.92 Å². The van der Waals surface area contributed by atoms with Crippen LogP contribution in [0.5, 0.6) is 0 Å². The lowest BCUT2D eigenvalue weighted by molar-refractivity contribution is -0.384. The number of halogens is 3. The maximum absolute atomic E-state index is 13.5. The van der Waals surface area contributed by atoms with Crippen LogP contribution < -0.4 is 5.01 Å². The van der Waals surface area contributed by atoms with Crippen LogP contribution in [-0.2, 0) is 0 Å². The molecule has 6 nitrogen and oxygen atoms in total. The highest BCUT2D eigenvalue weighted by molar-refractivity contribution is 8.93. The van der Waals surface area contributed by atoms with Crippen LogP contribution in [0.3, 0.4) is 0 Å². The molecular formula is C24H17BrClFN4O2S. The Labute approximate surface area is 214 Å². The van der Waals surface area contributed by atoms with Crippen molar-refractivity contribution in [3.8, 4) is 11.3 Å². The van der Waals surface area contributed by atoms with Gasteiger partial charge in [0, 0.05) is 40.1 Å². The molecule has 10 heteroatoms. The molecule has 1 atom stereocenters. The van der Waals surface area contributed by atoms with Gasteiger partial charge < -0.3 is 0 Å². The summed E-state index contributed by atoms with van der Waals surface area (Å²) in [6.07, 6.45) is 0.503. The second-order valence-corrected chi connectivity index (χ2v) is 8.77. The number of aromatic nitrogens is 1. The van der Waals surface area contributed by atoms with Gasteiger partial charge in [-0.05, 0) is 29.8 Å². The second kappa shape index (κ2) is 10.0. The van der Waals surface area contributed by atoms with Crippen molar-refractivity contribution in [3.05, 3.63) is 110 Å². The Bertz CT molecular complexity index is 1360. The van der Waals surface area contributed by atoms with Crippen LogP contribution in [0, 0.1) is 15.9 Å². The number of benzene rings is 3. The van der Waals surface area contributed by atoms with Crippen molar-refractivity contribution >= 4 is 56.4 Å². The number of rotatable bonds is 5. The lowest BCUT2D eigenvalue weighted by atomic mass is 9.98. The fourth-order valence-corrected chi connectivity index (χ4v) is 4.69. The van der Waals surface area contributed by atoms with Crippen LogP contribution >= 0.6 is 39.9 Å². The first kappa shape index (κ1) is 24.0. The van der Waals surface area contributed by atoms with Gasteiger partial charge in [0.15, 0.2) is 0 Å². The van der Waals surface area contributed by atoms with Gasteiger partial charge in [-0.15, -0.1) is 28.3 Å². The summed E-state index contributed by atoms with van der Waals surface area (Å²) in [7, 11) is 0. The second-order valence-electron chi connectivity index (χ2n) is 7.49. The minimum absolute atomic E-state index is 0. The third-order valence-electron chi connectivity index (χ3n) is 5.38. The smallest absolute Gasteiger partial charge is 0.258 e. The summed E-state index contributed by atoms with van der Waals surface area (Å²) in [5, 5.41) is 21.1. The number of thiazole rings is 1. The topological polar surface area (TPSA) is 71.6 Å². The van der Waals surface area contributed by atoms with Crippen LogP contribution in [-0.4, -0.2) is 15.6 Å². The van der Waals surface area contributed by atoms with E-state index in [1.165, 1.54) is 35.6 Å². The van der Waals surface area contributed by atoms with Gasteiger partial charge in [0.05, 0.1) is 22.4 Å². The molecule has 172 valence electrons. The molecule has 34 heavy (non-hydrogen) atoms. The average molecular weight is 560 g/mol. The van der Waals surface area contributed by atoms with Gasteiger partial charge in [0.1, 0.15) is 5.82 Å². The predicted octanol–water partition coefficient (Wildman–Crippen LogP) is 7.44. The highest BCUT2D eigenvalue weighted by atomic mass is 79.9. The first-order valence-electron chi connectivity index (χ1n) is 10.1. The molecule has 0 aliphatic carbocycles. The number of non-ortho nitro benzene ring substituents is 1. The third-order valence-corrected chi connectivity index (χ3v) is 6.47. The lowest BCUT2D eigenvalue weighted by Gasteiger charge is -2.21. The number of anilines is 1. The first-order chi connectivity index (χ1) is 16.0. The molecule has 0 radical (unpaired) electrons. The quantitative estimate of drug-likeness (QED) is 0.188. The fourth-order valence-electron chi connectivity index (χ4n) is 3.73. The SMILES string of the molecule is Br.O=[N+]([O-])c1cccc(C2=NN(c3nc(-c4ccc(Cl)cc4)cs3)C(c3ccc(F)cc3)C2)c1. The van der Waals surface area contributed by atoms with Crippen molar-refractivity contribution in [2.75, 3.05) is 5.01 Å². The third kappa shape index (κ3) is 4.86. The Morgan fingerprint density at radius 2 is 1.79 bits per heavy atom. The Kier molecular flexibility index (Phi) is 7.06. The molecule has 1 aliphatic heterocycles. The maximum atomic E-state index is 13.5.